The molecule has 154 valence electrons. The molecule has 1 saturated heterocycles. The van der Waals surface area contributed by atoms with Gasteiger partial charge in [-0.1, -0.05) is 30.3 Å². The quantitative estimate of drug-likeness (QED) is 0.831. The zero-order chi connectivity index (χ0) is 20.6. The third-order valence-electron chi connectivity index (χ3n) is 5.44. The van der Waals surface area contributed by atoms with E-state index in [1.54, 1.807) is 6.07 Å². The molecule has 2 atom stereocenters. The van der Waals surface area contributed by atoms with E-state index in [4.69, 9.17) is 9.47 Å². The van der Waals surface area contributed by atoms with E-state index in [9.17, 15) is 18.0 Å². The third kappa shape index (κ3) is 3.83. The summed E-state index contributed by atoms with van der Waals surface area (Å²) in [5.41, 5.74) is 1.81. The maximum absolute atomic E-state index is 13.1. The summed E-state index contributed by atoms with van der Waals surface area (Å²) >= 11 is 0. The minimum Gasteiger partial charge on any atom is -0.493 e. The molecule has 0 unspecified atom stereocenters. The Morgan fingerprint density at radius 3 is 2.62 bits per heavy atom. The van der Waals surface area contributed by atoms with Gasteiger partial charge in [0.2, 0.25) is 0 Å². The molecule has 29 heavy (non-hydrogen) atoms. The number of benzene rings is 2. The number of hydrogen-bond acceptors (Lipinski definition) is 4. The molecule has 0 saturated carbocycles. The molecule has 2 aliphatic heterocycles. The number of alkyl halides is 3. The maximum atomic E-state index is 13.1. The van der Waals surface area contributed by atoms with Gasteiger partial charge in [0.1, 0.15) is 6.61 Å². The third-order valence-corrected chi connectivity index (χ3v) is 5.44. The van der Waals surface area contributed by atoms with Crippen molar-refractivity contribution in [3.8, 4) is 11.5 Å². The summed E-state index contributed by atoms with van der Waals surface area (Å²) < 4.78 is 50.6. The predicted molar refractivity (Wildman–Crippen MR) is 101 cm³/mol. The van der Waals surface area contributed by atoms with Crippen LogP contribution in [-0.4, -0.2) is 43.2 Å². The van der Waals surface area contributed by atoms with Crippen LogP contribution in [0.25, 0.3) is 0 Å². The highest BCUT2D eigenvalue weighted by molar-refractivity contribution is 6.01. The first-order chi connectivity index (χ1) is 13.9. The minimum atomic E-state index is -4.30. The van der Waals surface area contributed by atoms with Crippen LogP contribution in [-0.2, 0) is 6.61 Å². The number of carbonyl (C=O) groups excluding carboxylic acids is 1. The molecule has 0 spiro atoms. The molecule has 0 bridgehead atoms. The molecule has 0 aliphatic carbocycles. The van der Waals surface area contributed by atoms with Crippen LogP contribution >= 0.6 is 0 Å². The number of rotatable bonds is 4. The van der Waals surface area contributed by atoms with E-state index in [0.29, 0.717) is 29.4 Å². The fourth-order valence-electron chi connectivity index (χ4n) is 3.87. The van der Waals surface area contributed by atoms with Gasteiger partial charge >= 0.3 is 6.18 Å². The number of nitrogens with one attached hydrogen (secondary N) is 1. The van der Waals surface area contributed by atoms with Crippen molar-refractivity contribution >= 4 is 11.6 Å². The second-order valence-electron chi connectivity index (χ2n) is 7.29. The predicted octanol–water partition coefficient (Wildman–Crippen LogP) is 4.09. The van der Waals surface area contributed by atoms with Gasteiger partial charge in [-0.2, -0.15) is 13.2 Å². The van der Waals surface area contributed by atoms with Gasteiger partial charge in [0, 0.05) is 25.2 Å². The Morgan fingerprint density at radius 1 is 1.17 bits per heavy atom. The van der Waals surface area contributed by atoms with E-state index in [1.807, 2.05) is 30.3 Å². The van der Waals surface area contributed by atoms with Crippen LogP contribution in [0.5, 0.6) is 11.5 Å². The second kappa shape index (κ2) is 7.50. The summed E-state index contributed by atoms with van der Waals surface area (Å²) in [7, 11) is 1.46. The van der Waals surface area contributed by atoms with Crippen LogP contribution in [0.15, 0.2) is 42.5 Å². The molecule has 0 radical (unpaired) electrons. The topological polar surface area (TPSA) is 50.8 Å². The van der Waals surface area contributed by atoms with Crippen molar-refractivity contribution in [1.29, 1.82) is 0 Å². The van der Waals surface area contributed by atoms with Gasteiger partial charge in [0.05, 0.1) is 24.3 Å². The summed E-state index contributed by atoms with van der Waals surface area (Å²) in [5, 5.41) is 3.12. The van der Waals surface area contributed by atoms with Gasteiger partial charge in [-0.25, -0.2) is 0 Å². The molecule has 5 nitrogen and oxygen atoms in total. The lowest BCUT2D eigenvalue weighted by Crippen LogP contribution is -2.37. The molecule has 8 heteroatoms. The summed E-state index contributed by atoms with van der Waals surface area (Å²) in [6.07, 6.45) is -4.40. The summed E-state index contributed by atoms with van der Waals surface area (Å²) in [6, 6.07) is 12.3. The van der Waals surface area contributed by atoms with E-state index in [0.717, 1.165) is 5.56 Å². The zero-order valence-electron chi connectivity index (χ0n) is 15.8. The van der Waals surface area contributed by atoms with Crippen LogP contribution in [0.3, 0.4) is 0 Å². The summed E-state index contributed by atoms with van der Waals surface area (Å²) in [6.45, 7) is 0.268. The largest absolute Gasteiger partial charge is 0.493 e. The zero-order valence-corrected chi connectivity index (χ0v) is 15.8. The smallest absolute Gasteiger partial charge is 0.393 e. The highest BCUT2D eigenvalue weighted by atomic mass is 19.4. The number of nitrogens with zero attached hydrogens (tertiary/aromatic N) is 1. The van der Waals surface area contributed by atoms with Gasteiger partial charge in [-0.15, -0.1) is 0 Å². The van der Waals surface area contributed by atoms with Crippen LogP contribution in [0, 0.1) is 5.92 Å². The van der Waals surface area contributed by atoms with Crippen LogP contribution in [0.1, 0.15) is 22.3 Å². The highest BCUT2D eigenvalue weighted by Crippen LogP contribution is 2.41. The molecular weight excluding hydrogens is 385 g/mol. The highest BCUT2D eigenvalue weighted by Gasteiger charge is 2.49. The van der Waals surface area contributed by atoms with Crippen molar-refractivity contribution in [2.75, 3.05) is 25.5 Å². The Labute approximate surface area is 166 Å². The molecule has 1 amide bonds. The Balaban J connectivity index is 1.59. The van der Waals surface area contributed by atoms with Gasteiger partial charge in [0.25, 0.3) is 5.91 Å². The average molecular weight is 406 g/mol. The van der Waals surface area contributed by atoms with Crippen molar-refractivity contribution in [3.05, 3.63) is 53.6 Å². The molecule has 2 aliphatic rings. The Hall–Kier alpha value is -2.90. The second-order valence-corrected chi connectivity index (χ2v) is 7.29. The number of halogens is 3. The van der Waals surface area contributed by atoms with E-state index in [-0.39, 0.29) is 19.5 Å². The fraction of sp³-hybridized carbons (Fsp3) is 0.381. The number of ether oxygens (including phenoxy) is 2. The van der Waals surface area contributed by atoms with Crippen molar-refractivity contribution < 1.29 is 27.4 Å². The first kappa shape index (κ1) is 19.4. The minimum absolute atomic E-state index is 0.0925. The lowest BCUT2D eigenvalue weighted by molar-refractivity contribution is -0.170. The van der Waals surface area contributed by atoms with E-state index < -0.39 is 24.0 Å². The SMILES string of the molecule is COc1cc2c(cc1OCc1ccccc1)NC[C@@H]1C[C@H](C(F)(F)F)CN1C2=O. The molecule has 4 rings (SSSR count). The molecule has 0 aromatic heterocycles. The van der Waals surface area contributed by atoms with Crippen LogP contribution in [0.4, 0.5) is 18.9 Å². The molecular formula is C21H21F3N2O3. The van der Waals surface area contributed by atoms with Crippen LogP contribution in [0.2, 0.25) is 0 Å². The van der Waals surface area contributed by atoms with E-state index >= 15 is 0 Å². The Bertz CT molecular complexity index is 902. The fourth-order valence-corrected chi connectivity index (χ4v) is 3.87. The van der Waals surface area contributed by atoms with Gasteiger partial charge in [0.15, 0.2) is 11.5 Å². The number of amides is 1. The van der Waals surface area contributed by atoms with Crippen molar-refractivity contribution in [2.45, 2.75) is 25.2 Å². The van der Waals surface area contributed by atoms with E-state index in [2.05, 4.69) is 5.32 Å². The first-order valence-corrected chi connectivity index (χ1v) is 9.37. The Morgan fingerprint density at radius 2 is 1.93 bits per heavy atom. The number of anilines is 1. The van der Waals surface area contributed by atoms with Crippen molar-refractivity contribution in [3.63, 3.8) is 0 Å². The van der Waals surface area contributed by atoms with Crippen LogP contribution < -0.4 is 14.8 Å². The van der Waals surface area contributed by atoms with Gasteiger partial charge < -0.3 is 19.7 Å². The molecule has 2 aromatic rings. The molecule has 1 N–H and O–H groups in total. The van der Waals surface area contributed by atoms with Crippen molar-refractivity contribution in [1.82, 2.24) is 4.90 Å². The van der Waals surface area contributed by atoms with Gasteiger partial charge in [-0.3, -0.25) is 4.79 Å². The number of hydrogen-bond donors (Lipinski definition) is 1. The molecule has 1 fully saturated rings. The van der Waals surface area contributed by atoms with E-state index in [1.165, 1.54) is 18.1 Å². The normalized spacial score (nSPS) is 21.1. The number of carbonyl (C=O) groups is 1. The lowest BCUT2D eigenvalue weighted by atomic mass is 10.1. The van der Waals surface area contributed by atoms with Crippen molar-refractivity contribution in [2.24, 2.45) is 5.92 Å². The standard InChI is InChI=1S/C21H21F3N2O3/c1-28-18-8-16-17(9-19(18)29-12-13-5-3-2-4-6-13)25-10-15-7-14(21(22,23)24)11-26(15)20(16)27/h2-6,8-9,14-15,25H,7,10-12H2,1H3/t14-,15-/m0/s1. The Kier molecular flexibility index (Phi) is 5.02. The number of fused-ring (bicyclic) bond motifs is 2. The molecule has 2 aromatic carbocycles. The molecule has 2 heterocycles. The maximum Gasteiger partial charge on any atom is 0.393 e. The summed E-state index contributed by atoms with van der Waals surface area (Å²) in [4.78, 5) is 14.3. The lowest BCUT2D eigenvalue weighted by Gasteiger charge is -2.21. The first-order valence-electron chi connectivity index (χ1n) is 9.37. The van der Waals surface area contributed by atoms with Gasteiger partial charge in [-0.05, 0) is 18.1 Å². The monoisotopic (exact) mass is 406 g/mol. The number of methoxy groups -OCH3 is 1. The summed E-state index contributed by atoms with van der Waals surface area (Å²) in [5.74, 6) is -1.09. The average Bonchev–Trinajstić information content (AvgIpc) is 3.10.